The number of benzene rings is 1. The summed E-state index contributed by atoms with van der Waals surface area (Å²) in [5.74, 6) is -0.297. The Morgan fingerprint density at radius 3 is 2.43 bits per heavy atom. The molecule has 1 rings (SSSR count). The first-order valence-electron chi connectivity index (χ1n) is 7.78. The highest BCUT2D eigenvalue weighted by atomic mass is 35.5. The molecule has 0 fully saturated rings. The monoisotopic (exact) mass is 360 g/mol. The summed E-state index contributed by atoms with van der Waals surface area (Å²) in [6.45, 7) is 3.85. The molecule has 0 saturated heterocycles. The van der Waals surface area contributed by atoms with Crippen LogP contribution in [-0.2, 0) is 14.8 Å². The van der Waals surface area contributed by atoms with Gasteiger partial charge in [0.05, 0.1) is 11.4 Å². The van der Waals surface area contributed by atoms with Crippen molar-refractivity contribution in [3.05, 3.63) is 29.3 Å². The lowest BCUT2D eigenvalue weighted by Gasteiger charge is -2.19. The Kier molecular flexibility index (Phi) is 8.02. The minimum Gasteiger partial charge on any atom is -0.353 e. The van der Waals surface area contributed by atoms with Gasteiger partial charge in [0.15, 0.2) is 0 Å². The molecule has 0 aliphatic rings. The number of likely N-dealkylation sites (N-methyl/N-ethyl adjacent to an activating group) is 1. The largest absolute Gasteiger partial charge is 0.353 e. The lowest BCUT2D eigenvalue weighted by atomic mass is 10.1. The van der Waals surface area contributed by atoms with Crippen LogP contribution in [0.2, 0.25) is 5.02 Å². The number of rotatable bonds is 9. The van der Waals surface area contributed by atoms with Crippen molar-refractivity contribution in [2.24, 2.45) is 0 Å². The van der Waals surface area contributed by atoms with E-state index in [1.54, 1.807) is 0 Å². The van der Waals surface area contributed by atoms with E-state index in [0.29, 0.717) is 5.02 Å². The second-order valence-corrected chi connectivity index (χ2v) is 8.16. The lowest BCUT2D eigenvalue weighted by Crippen LogP contribution is -2.41. The molecule has 0 heterocycles. The van der Waals surface area contributed by atoms with Crippen molar-refractivity contribution in [3.8, 4) is 0 Å². The number of carbonyl (C=O) groups excluding carboxylic acids is 1. The Balaban J connectivity index is 2.58. The summed E-state index contributed by atoms with van der Waals surface area (Å²) < 4.78 is 25.8. The fourth-order valence-electron chi connectivity index (χ4n) is 2.17. The summed E-state index contributed by atoms with van der Waals surface area (Å²) in [6.07, 6.45) is 4.21. The maximum absolute atomic E-state index is 12.4. The molecule has 7 heteroatoms. The van der Waals surface area contributed by atoms with Crippen LogP contribution >= 0.6 is 11.6 Å². The number of nitrogens with one attached hydrogen (secondary N) is 1. The zero-order chi connectivity index (χ0) is 17.5. The molecule has 5 nitrogen and oxygen atoms in total. The molecule has 0 aromatic heterocycles. The maximum atomic E-state index is 12.4. The van der Waals surface area contributed by atoms with Crippen molar-refractivity contribution in [2.45, 2.75) is 50.5 Å². The highest BCUT2D eigenvalue weighted by Crippen LogP contribution is 2.17. The molecular weight excluding hydrogens is 336 g/mol. The zero-order valence-corrected chi connectivity index (χ0v) is 15.5. The molecular formula is C16H25ClN2O3S. The van der Waals surface area contributed by atoms with E-state index in [2.05, 4.69) is 12.2 Å². The van der Waals surface area contributed by atoms with Crippen LogP contribution in [0.1, 0.15) is 39.5 Å². The number of sulfonamides is 1. The Labute approximate surface area is 144 Å². The van der Waals surface area contributed by atoms with Crippen molar-refractivity contribution in [1.29, 1.82) is 0 Å². The van der Waals surface area contributed by atoms with Crippen LogP contribution in [0, 0.1) is 0 Å². The van der Waals surface area contributed by atoms with Crippen LogP contribution in [0.5, 0.6) is 0 Å². The second kappa shape index (κ2) is 9.25. The first-order valence-corrected chi connectivity index (χ1v) is 9.60. The van der Waals surface area contributed by atoms with Gasteiger partial charge in [-0.15, -0.1) is 0 Å². The molecule has 0 bridgehead atoms. The number of hydrogen-bond acceptors (Lipinski definition) is 3. The van der Waals surface area contributed by atoms with E-state index in [1.165, 1.54) is 31.3 Å². The molecule has 1 atom stereocenters. The molecule has 0 aliphatic heterocycles. The molecule has 0 aliphatic carbocycles. The summed E-state index contributed by atoms with van der Waals surface area (Å²) in [5, 5.41) is 3.30. The molecule has 1 unspecified atom stereocenters. The van der Waals surface area contributed by atoms with E-state index in [0.717, 1.165) is 30.0 Å². The van der Waals surface area contributed by atoms with E-state index in [4.69, 9.17) is 11.6 Å². The molecule has 0 radical (unpaired) electrons. The van der Waals surface area contributed by atoms with Gasteiger partial charge in [0, 0.05) is 18.1 Å². The summed E-state index contributed by atoms with van der Waals surface area (Å²) in [6, 6.07) is 5.93. The normalized spacial score (nSPS) is 13.1. The quantitative estimate of drug-likeness (QED) is 0.688. The van der Waals surface area contributed by atoms with Crippen LogP contribution in [0.25, 0.3) is 0 Å². The third-order valence-electron chi connectivity index (χ3n) is 3.54. The Morgan fingerprint density at radius 2 is 1.87 bits per heavy atom. The SMILES string of the molecule is CCCCCC(C)NC(=O)CN(C)S(=O)(=O)c1ccc(Cl)cc1. The van der Waals surface area contributed by atoms with E-state index < -0.39 is 10.0 Å². The van der Waals surface area contributed by atoms with Crippen molar-refractivity contribution in [3.63, 3.8) is 0 Å². The average Bonchev–Trinajstić information content (AvgIpc) is 2.47. The van der Waals surface area contributed by atoms with Gasteiger partial charge in [-0.3, -0.25) is 4.79 Å². The van der Waals surface area contributed by atoms with Gasteiger partial charge in [0.1, 0.15) is 0 Å². The number of nitrogens with zero attached hydrogens (tertiary/aromatic N) is 1. The molecule has 1 aromatic carbocycles. The molecule has 130 valence electrons. The predicted molar refractivity (Wildman–Crippen MR) is 93.0 cm³/mol. The van der Waals surface area contributed by atoms with Gasteiger partial charge in [0.2, 0.25) is 15.9 Å². The smallest absolute Gasteiger partial charge is 0.243 e. The minimum atomic E-state index is -3.69. The summed E-state index contributed by atoms with van der Waals surface area (Å²) in [7, 11) is -2.30. The maximum Gasteiger partial charge on any atom is 0.243 e. The van der Waals surface area contributed by atoms with Crippen LogP contribution in [0.4, 0.5) is 0 Å². The molecule has 23 heavy (non-hydrogen) atoms. The van der Waals surface area contributed by atoms with Crippen molar-refractivity contribution in [1.82, 2.24) is 9.62 Å². The van der Waals surface area contributed by atoms with Gasteiger partial charge in [-0.05, 0) is 37.6 Å². The molecule has 0 spiro atoms. The van der Waals surface area contributed by atoms with Crippen LogP contribution in [0.3, 0.4) is 0 Å². The third kappa shape index (κ3) is 6.49. The van der Waals surface area contributed by atoms with E-state index >= 15 is 0 Å². The molecule has 1 aromatic rings. The summed E-state index contributed by atoms with van der Waals surface area (Å²) in [4.78, 5) is 12.1. The average molecular weight is 361 g/mol. The Hall–Kier alpha value is -1.11. The minimum absolute atomic E-state index is 0.0423. The number of carbonyl (C=O) groups is 1. The van der Waals surface area contributed by atoms with Gasteiger partial charge >= 0.3 is 0 Å². The number of amides is 1. The first-order chi connectivity index (χ1) is 10.8. The van der Waals surface area contributed by atoms with E-state index in [1.807, 2.05) is 6.92 Å². The summed E-state index contributed by atoms with van der Waals surface area (Å²) in [5.41, 5.74) is 0. The van der Waals surface area contributed by atoms with Crippen molar-refractivity contribution >= 4 is 27.5 Å². The molecule has 1 amide bonds. The van der Waals surface area contributed by atoms with Crippen LogP contribution < -0.4 is 5.32 Å². The van der Waals surface area contributed by atoms with Gasteiger partial charge in [0.25, 0.3) is 0 Å². The molecule has 1 N–H and O–H groups in total. The standard InChI is InChI=1S/C16H25ClN2O3S/c1-4-5-6-7-13(2)18-16(20)12-19(3)23(21,22)15-10-8-14(17)9-11-15/h8-11,13H,4-7,12H2,1-3H3,(H,18,20). The van der Waals surface area contributed by atoms with Crippen molar-refractivity contribution < 1.29 is 13.2 Å². The lowest BCUT2D eigenvalue weighted by molar-refractivity contribution is -0.121. The Bertz CT molecular complexity index is 602. The molecule has 0 saturated carbocycles. The van der Waals surface area contributed by atoms with Crippen molar-refractivity contribution in [2.75, 3.05) is 13.6 Å². The zero-order valence-electron chi connectivity index (χ0n) is 13.9. The third-order valence-corrected chi connectivity index (χ3v) is 5.61. The van der Waals surface area contributed by atoms with Gasteiger partial charge in [-0.25, -0.2) is 8.42 Å². The van der Waals surface area contributed by atoms with Crippen LogP contribution in [0.15, 0.2) is 29.2 Å². The van der Waals surface area contributed by atoms with Crippen LogP contribution in [-0.4, -0.2) is 38.3 Å². The second-order valence-electron chi connectivity index (χ2n) is 5.68. The number of hydrogen-bond donors (Lipinski definition) is 1. The summed E-state index contributed by atoms with van der Waals surface area (Å²) >= 11 is 5.76. The van der Waals surface area contributed by atoms with Gasteiger partial charge in [-0.1, -0.05) is 37.8 Å². The fraction of sp³-hybridized carbons (Fsp3) is 0.562. The highest BCUT2D eigenvalue weighted by Gasteiger charge is 2.23. The first kappa shape index (κ1) is 19.9. The number of unbranched alkanes of at least 4 members (excludes halogenated alkanes) is 2. The fourth-order valence-corrected chi connectivity index (χ4v) is 3.42. The number of halogens is 1. The van der Waals surface area contributed by atoms with Gasteiger partial charge < -0.3 is 5.32 Å². The van der Waals surface area contributed by atoms with Gasteiger partial charge in [-0.2, -0.15) is 4.31 Å². The highest BCUT2D eigenvalue weighted by molar-refractivity contribution is 7.89. The van der Waals surface area contributed by atoms with E-state index in [9.17, 15) is 13.2 Å². The predicted octanol–water partition coefficient (Wildman–Crippen LogP) is 3.05. The topological polar surface area (TPSA) is 66.5 Å². The van der Waals surface area contributed by atoms with E-state index in [-0.39, 0.29) is 23.4 Å². The Morgan fingerprint density at radius 1 is 1.26 bits per heavy atom.